The number of carboxylic acid groups (broad SMARTS) is 1. The number of carbonyl (C=O) groups is 4. The van der Waals surface area contributed by atoms with Gasteiger partial charge in [-0.1, -0.05) is 0 Å². The molecule has 2 unspecified atom stereocenters. The number of Topliss-reactive ketones (excluding diaryl/α,β-unsaturated/α-hetero) is 3. The van der Waals surface area contributed by atoms with E-state index in [0.29, 0.717) is 0 Å². The van der Waals surface area contributed by atoms with Gasteiger partial charge in [0.15, 0.2) is 23.0 Å². The van der Waals surface area contributed by atoms with Crippen molar-refractivity contribution in [2.24, 2.45) is 0 Å². The van der Waals surface area contributed by atoms with Gasteiger partial charge < -0.3 is 10.2 Å². The molecule has 0 aromatic rings. The highest BCUT2D eigenvalue weighted by Gasteiger charge is 2.42. The Morgan fingerprint density at radius 3 is 1.00 bits per heavy atom. The minimum Gasteiger partial charge on any atom is -0.479 e. The quantitative estimate of drug-likeness (QED) is 0.406. The van der Waals surface area contributed by atoms with Gasteiger partial charge in [-0.25, -0.2) is 4.79 Å². The van der Waals surface area contributed by atoms with Gasteiger partial charge in [-0.3, -0.25) is 28.6 Å². The van der Waals surface area contributed by atoms with E-state index in [9.17, 15) is 58.7 Å². The van der Waals surface area contributed by atoms with E-state index >= 15 is 0 Å². The van der Waals surface area contributed by atoms with Crippen LogP contribution < -0.4 is 0 Å². The molecule has 0 aliphatic heterocycles. The first-order valence-corrected chi connectivity index (χ1v) is 9.99. The number of aliphatic hydroxyl groups is 1. The maximum absolute atomic E-state index is 11.5. The van der Waals surface area contributed by atoms with Gasteiger partial charge in [0.1, 0.15) is 17.8 Å². The molecule has 0 rings (SSSR count). The number of hydrogen-bond donors (Lipinski definition) is 2. The van der Waals surface area contributed by atoms with Crippen LogP contribution in [-0.2, 0) is 33.4 Å². The summed E-state index contributed by atoms with van der Waals surface area (Å²) in [6.45, 7) is 9.72. The Hall–Kier alpha value is -2.31. The molecule has 0 saturated carbocycles. The summed E-state index contributed by atoms with van der Waals surface area (Å²) in [6, 6.07) is 0. The van der Waals surface area contributed by atoms with Crippen molar-refractivity contribution in [3.63, 3.8) is 0 Å². The topological polar surface area (TPSA) is 136 Å². The second-order valence-electron chi connectivity index (χ2n) is 8.08. The van der Waals surface area contributed by atoms with E-state index in [0.717, 1.165) is 48.5 Å². The van der Waals surface area contributed by atoms with Crippen molar-refractivity contribution < 1.29 is 83.1 Å². The van der Waals surface area contributed by atoms with E-state index in [2.05, 4.69) is 14.2 Å². The molecule has 0 fully saturated rings. The number of ether oxygens (including phenoxy) is 3. The largest absolute Gasteiger partial charge is 0.523 e. The van der Waals surface area contributed by atoms with Crippen LogP contribution in [0, 0.1) is 0 Å². The molecule has 9 nitrogen and oxygen atoms in total. The number of aliphatic carboxylic acids is 1. The van der Waals surface area contributed by atoms with E-state index in [-0.39, 0.29) is 5.78 Å². The molecule has 0 bridgehead atoms. The van der Waals surface area contributed by atoms with Crippen LogP contribution >= 0.6 is 0 Å². The lowest BCUT2D eigenvalue weighted by atomic mass is 10.1. The molecule has 0 aliphatic carbocycles. The highest BCUT2D eigenvalue weighted by molar-refractivity contribution is 5.84. The molecule has 0 aliphatic rings. The fourth-order valence-corrected chi connectivity index (χ4v) is 0.978. The number of hydrogen-bond acceptors (Lipinski definition) is 8. The number of halogens is 9. The van der Waals surface area contributed by atoms with Crippen molar-refractivity contribution in [2.75, 3.05) is 0 Å². The van der Waals surface area contributed by atoms with Gasteiger partial charge in [0.25, 0.3) is 0 Å². The molecule has 2 N–H and O–H groups in total. The molecule has 0 aromatic heterocycles. The van der Waals surface area contributed by atoms with E-state index in [1.165, 1.54) is 13.8 Å². The maximum atomic E-state index is 11.5. The maximum Gasteiger partial charge on any atom is 0.523 e. The Kier molecular flexibility index (Phi) is 18.7. The zero-order valence-electron chi connectivity index (χ0n) is 21.8. The lowest BCUT2D eigenvalue weighted by Gasteiger charge is -2.22. The third-order valence-electron chi connectivity index (χ3n) is 3.58. The van der Waals surface area contributed by atoms with Crippen molar-refractivity contribution in [3.8, 4) is 0 Å². The van der Waals surface area contributed by atoms with Crippen LogP contribution in [0.4, 0.5) is 39.5 Å². The summed E-state index contributed by atoms with van der Waals surface area (Å²) < 4.78 is 113. The standard InChI is InChI=1S/C6H9F3O2.C5H7F3O3.C5H7F3O2.C4H8O2/c1-4(10)5(2,3)11-6(7,8)9;1-4(2,3(9)10)11-5(6,7)8;1-3(9)4(2)10-5(6,7)8;1-3(5)4(2)6/h1-3H3;1-2H3,(H,9,10);4H,1-2H3;3,5H,1-2H3. The average molecular weight is 586 g/mol. The van der Waals surface area contributed by atoms with Gasteiger partial charge in [-0.2, -0.15) is 0 Å². The SMILES string of the molecule is CC(=O)C(C)(C)OC(F)(F)F.CC(=O)C(C)O.CC(=O)C(C)OC(F)(F)F.CC(C)(OC(F)(F)F)C(=O)O. The monoisotopic (exact) mass is 586 g/mol. The molecule has 0 amide bonds. The molecule has 0 saturated heterocycles. The molecule has 0 heterocycles. The summed E-state index contributed by atoms with van der Waals surface area (Å²) in [5, 5.41) is 16.5. The fourth-order valence-electron chi connectivity index (χ4n) is 0.978. The van der Waals surface area contributed by atoms with Crippen LogP contribution in [0.5, 0.6) is 0 Å². The lowest BCUT2D eigenvalue weighted by Crippen LogP contribution is -2.39. The second-order valence-corrected chi connectivity index (χ2v) is 8.08. The highest BCUT2D eigenvalue weighted by Crippen LogP contribution is 2.26. The first-order chi connectivity index (χ1) is 16.3. The van der Waals surface area contributed by atoms with Crippen LogP contribution in [0.3, 0.4) is 0 Å². The summed E-state index contributed by atoms with van der Waals surface area (Å²) >= 11 is 0. The molecule has 0 spiro atoms. The predicted octanol–water partition coefficient (Wildman–Crippen LogP) is 4.73. The van der Waals surface area contributed by atoms with Gasteiger partial charge in [0, 0.05) is 0 Å². The van der Waals surface area contributed by atoms with E-state index in [1.807, 2.05) is 0 Å². The second kappa shape index (κ2) is 16.6. The van der Waals surface area contributed by atoms with Crippen LogP contribution in [-0.4, -0.2) is 76.0 Å². The number of rotatable bonds is 7. The number of carboxylic acids is 1. The smallest absolute Gasteiger partial charge is 0.479 e. The summed E-state index contributed by atoms with van der Waals surface area (Å²) in [4.78, 5) is 40.7. The predicted molar refractivity (Wildman–Crippen MR) is 110 cm³/mol. The summed E-state index contributed by atoms with van der Waals surface area (Å²) in [5.41, 5.74) is -4.00. The van der Waals surface area contributed by atoms with Gasteiger partial charge in [0.05, 0.1) is 0 Å². The molecule has 38 heavy (non-hydrogen) atoms. The molecule has 0 radical (unpaired) electrons. The van der Waals surface area contributed by atoms with Crippen molar-refractivity contribution in [2.45, 2.75) is 105 Å². The molecule has 2 atom stereocenters. The third kappa shape index (κ3) is 29.9. The lowest BCUT2D eigenvalue weighted by molar-refractivity contribution is -0.356. The number of ketones is 3. The van der Waals surface area contributed by atoms with E-state index in [1.54, 1.807) is 0 Å². The first kappa shape index (κ1) is 42.8. The number of carbonyl (C=O) groups excluding carboxylic acids is 3. The highest BCUT2D eigenvalue weighted by atomic mass is 19.4. The van der Waals surface area contributed by atoms with E-state index < -0.39 is 60.0 Å². The molecular weight excluding hydrogens is 555 g/mol. The van der Waals surface area contributed by atoms with Gasteiger partial charge >= 0.3 is 25.1 Å². The Labute approximate surface area is 212 Å². The van der Waals surface area contributed by atoms with Crippen molar-refractivity contribution in [1.82, 2.24) is 0 Å². The molecular formula is C20H31F9O9. The Morgan fingerprint density at radius 1 is 0.632 bits per heavy atom. The summed E-state index contributed by atoms with van der Waals surface area (Å²) in [7, 11) is 0. The van der Waals surface area contributed by atoms with Crippen LogP contribution in [0.1, 0.15) is 62.3 Å². The van der Waals surface area contributed by atoms with E-state index in [4.69, 9.17) is 10.2 Å². The zero-order valence-corrected chi connectivity index (χ0v) is 21.8. The normalized spacial score (nSPS) is 13.8. The summed E-state index contributed by atoms with van der Waals surface area (Å²) in [5.74, 6) is -3.14. The zero-order chi connectivity index (χ0) is 32.1. The van der Waals surface area contributed by atoms with Crippen molar-refractivity contribution in [3.05, 3.63) is 0 Å². The number of aliphatic hydroxyl groups excluding tert-OH is 1. The molecule has 228 valence electrons. The van der Waals surface area contributed by atoms with Gasteiger partial charge in [-0.15, -0.1) is 39.5 Å². The third-order valence-corrected chi connectivity index (χ3v) is 3.58. The van der Waals surface area contributed by atoms with Crippen LogP contribution in [0.15, 0.2) is 0 Å². The minimum absolute atomic E-state index is 0.185. The van der Waals surface area contributed by atoms with Crippen LogP contribution in [0.2, 0.25) is 0 Å². The fraction of sp³-hybridized carbons (Fsp3) is 0.800. The average Bonchev–Trinajstić information content (AvgIpc) is 2.57. The van der Waals surface area contributed by atoms with Crippen molar-refractivity contribution >= 4 is 23.3 Å². The Bertz CT molecular complexity index is 717. The van der Waals surface area contributed by atoms with Gasteiger partial charge in [0.2, 0.25) is 0 Å². The molecule has 0 aromatic carbocycles. The summed E-state index contributed by atoms with van der Waals surface area (Å²) in [6.07, 6.45) is -16.6. The van der Waals surface area contributed by atoms with Gasteiger partial charge in [-0.05, 0) is 62.3 Å². The van der Waals surface area contributed by atoms with Crippen molar-refractivity contribution in [1.29, 1.82) is 0 Å². The Balaban J connectivity index is -0.000000207. The molecule has 18 heteroatoms. The first-order valence-electron chi connectivity index (χ1n) is 9.99. The Morgan fingerprint density at radius 2 is 0.921 bits per heavy atom. The number of alkyl halides is 9. The minimum atomic E-state index is -4.91. The van der Waals surface area contributed by atoms with Crippen LogP contribution in [0.25, 0.3) is 0 Å².